The summed E-state index contributed by atoms with van der Waals surface area (Å²) in [6, 6.07) is 16.6. The predicted molar refractivity (Wildman–Crippen MR) is 83.4 cm³/mol. The highest BCUT2D eigenvalue weighted by Gasteiger charge is 1.97. The number of nitrogens with one attached hydrogen (secondary N) is 1. The Morgan fingerprint density at radius 3 is 2.74 bits per heavy atom. The lowest BCUT2D eigenvalue weighted by Crippen LogP contribution is -2.03. The van der Waals surface area contributed by atoms with Crippen molar-refractivity contribution in [3.63, 3.8) is 0 Å². The molecule has 2 nitrogen and oxygen atoms in total. The summed E-state index contributed by atoms with van der Waals surface area (Å²) in [6.45, 7) is 3.06. The SMILES string of the molecule is COc1cccc(SCCNc2cccc(C)c2)c1. The molecule has 0 amide bonds. The van der Waals surface area contributed by atoms with E-state index in [1.165, 1.54) is 16.1 Å². The molecule has 1 N–H and O–H groups in total. The van der Waals surface area contributed by atoms with Gasteiger partial charge in [-0.3, -0.25) is 0 Å². The maximum absolute atomic E-state index is 5.21. The molecule has 0 atom stereocenters. The van der Waals surface area contributed by atoms with E-state index in [2.05, 4.69) is 48.6 Å². The first-order valence-electron chi connectivity index (χ1n) is 6.35. The highest BCUT2D eigenvalue weighted by Crippen LogP contribution is 2.22. The van der Waals surface area contributed by atoms with Crippen LogP contribution in [0.3, 0.4) is 0 Å². The van der Waals surface area contributed by atoms with E-state index in [-0.39, 0.29) is 0 Å². The van der Waals surface area contributed by atoms with Crippen LogP contribution in [0, 0.1) is 6.92 Å². The van der Waals surface area contributed by atoms with Crippen LogP contribution in [0.4, 0.5) is 5.69 Å². The number of thioether (sulfide) groups is 1. The van der Waals surface area contributed by atoms with E-state index in [4.69, 9.17) is 4.74 Å². The van der Waals surface area contributed by atoms with E-state index in [1.807, 2.05) is 23.9 Å². The molecule has 0 saturated carbocycles. The lowest BCUT2D eigenvalue weighted by Gasteiger charge is -2.07. The first-order valence-corrected chi connectivity index (χ1v) is 7.34. The van der Waals surface area contributed by atoms with Crippen molar-refractivity contribution in [2.45, 2.75) is 11.8 Å². The lowest BCUT2D eigenvalue weighted by atomic mass is 10.2. The Morgan fingerprint density at radius 1 is 1.11 bits per heavy atom. The van der Waals surface area contributed by atoms with Crippen molar-refractivity contribution in [3.8, 4) is 5.75 Å². The van der Waals surface area contributed by atoms with Crippen molar-refractivity contribution < 1.29 is 4.74 Å². The zero-order valence-electron chi connectivity index (χ0n) is 11.3. The largest absolute Gasteiger partial charge is 0.497 e. The summed E-state index contributed by atoms with van der Waals surface area (Å²) in [5.41, 5.74) is 2.47. The predicted octanol–water partition coefficient (Wildman–Crippen LogP) is 4.21. The molecule has 3 heteroatoms. The minimum atomic E-state index is 0.914. The summed E-state index contributed by atoms with van der Waals surface area (Å²) < 4.78 is 5.21. The van der Waals surface area contributed by atoms with Crippen LogP contribution in [0.15, 0.2) is 53.4 Å². The van der Waals surface area contributed by atoms with E-state index in [0.717, 1.165) is 18.0 Å². The van der Waals surface area contributed by atoms with Gasteiger partial charge in [-0.25, -0.2) is 0 Å². The van der Waals surface area contributed by atoms with Crippen LogP contribution in [-0.4, -0.2) is 19.4 Å². The second-order valence-electron chi connectivity index (χ2n) is 4.32. The molecule has 0 fully saturated rings. The van der Waals surface area contributed by atoms with Gasteiger partial charge in [0.2, 0.25) is 0 Å². The van der Waals surface area contributed by atoms with Gasteiger partial charge in [0.25, 0.3) is 0 Å². The second kappa shape index (κ2) is 7.10. The van der Waals surface area contributed by atoms with Gasteiger partial charge in [-0.1, -0.05) is 18.2 Å². The number of ether oxygens (including phenoxy) is 1. The Kier molecular flexibility index (Phi) is 5.16. The number of benzene rings is 2. The third-order valence-electron chi connectivity index (χ3n) is 2.76. The average Bonchev–Trinajstić information content (AvgIpc) is 2.44. The fourth-order valence-corrected chi connectivity index (χ4v) is 2.62. The molecule has 0 aromatic heterocycles. The van der Waals surface area contributed by atoms with Crippen LogP contribution >= 0.6 is 11.8 Å². The molecule has 2 aromatic carbocycles. The van der Waals surface area contributed by atoms with Crippen LogP contribution in [0.2, 0.25) is 0 Å². The molecule has 19 heavy (non-hydrogen) atoms. The molecule has 0 bridgehead atoms. The third kappa shape index (κ3) is 4.52. The van der Waals surface area contributed by atoms with Crippen LogP contribution in [0.5, 0.6) is 5.75 Å². The molecule has 2 rings (SSSR count). The van der Waals surface area contributed by atoms with Crippen molar-refractivity contribution >= 4 is 17.4 Å². The van der Waals surface area contributed by atoms with Crippen molar-refractivity contribution in [2.75, 3.05) is 24.7 Å². The maximum atomic E-state index is 5.21. The Hall–Kier alpha value is -1.61. The van der Waals surface area contributed by atoms with Crippen molar-refractivity contribution in [1.29, 1.82) is 0 Å². The van der Waals surface area contributed by atoms with E-state index >= 15 is 0 Å². The average molecular weight is 273 g/mol. The summed E-state index contributed by atoms with van der Waals surface area (Å²) >= 11 is 1.83. The van der Waals surface area contributed by atoms with Crippen LogP contribution < -0.4 is 10.1 Å². The summed E-state index contributed by atoms with van der Waals surface area (Å²) in [6.07, 6.45) is 0. The monoisotopic (exact) mass is 273 g/mol. The highest BCUT2D eigenvalue weighted by molar-refractivity contribution is 7.99. The van der Waals surface area contributed by atoms with Gasteiger partial charge in [-0.05, 0) is 42.8 Å². The van der Waals surface area contributed by atoms with E-state index < -0.39 is 0 Å². The van der Waals surface area contributed by atoms with Crippen molar-refractivity contribution in [3.05, 3.63) is 54.1 Å². The molecule has 0 spiro atoms. The Labute approximate surface area is 119 Å². The number of methoxy groups -OCH3 is 1. The molecular formula is C16H19NOS. The minimum Gasteiger partial charge on any atom is -0.497 e. The van der Waals surface area contributed by atoms with Gasteiger partial charge in [0.05, 0.1) is 7.11 Å². The topological polar surface area (TPSA) is 21.3 Å². The standard InChI is InChI=1S/C16H19NOS/c1-13-5-3-6-14(11-13)17-9-10-19-16-8-4-7-15(12-16)18-2/h3-8,11-12,17H,9-10H2,1-2H3. The van der Waals surface area contributed by atoms with E-state index in [0.29, 0.717) is 0 Å². The van der Waals surface area contributed by atoms with Gasteiger partial charge >= 0.3 is 0 Å². The number of hydrogen-bond donors (Lipinski definition) is 1. The number of hydrogen-bond acceptors (Lipinski definition) is 3. The minimum absolute atomic E-state index is 0.914. The molecule has 2 aromatic rings. The number of aryl methyl sites for hydroxylation is 1. The van der Waals surface area contributed by atoms with Gasteiger partial charge in [-0.2, -0.15) is 0 Å². The second-order valence-corrected chi connectivity index (χ2v) is 5.49. The Bertz CT molecular complexity index is 528. The fourth-order valence-electron chi connectivity index (χ4n) is 1.81. The molecule has 0 aliphatic heterocycles. The van der Waals surface area contributed by atoms with E-state index in [1.54, 1.807) is 7.11 Å². The van der Waals surface area contributed by atoms with Gasteiger partial charge in [0.1, 0.15) is 5.75 Å². The first-order chi connectivity index (χ1) is 9.28. The quantitative estimate of drug-likeness (QED) is 0.629. The van der Waals surface area contributed by atoms with Crippen molar-refractivity contribution in [2.24, 2.45) is 0 Å². The Balaban J connectivity index is 1.77. The zero-order valence-corrected chi connectivity index (χ0v) is 12.2. The van der Waals surface area contributed by atoms with Gasteiger partial charge in [0.15, 0.2) is 0 Å². The van der Waals surface area contributed by atoms with Crippen LogP contribution in [0.1, 0.15) is 5.56 Å². The summed E-state index contributed by atoms with van der Waals surface area (Å²) in [5.74, 6) is 1.94. The summed E-state index contributed by atoms with van der Waals surface area (Å²) in [4.78, 5) is 1.24. The summed E-state index contributed by atoms with van der Waals surface area (Å²) in [7, 11) is 1.70. The van der Waals surface area contributed by atoms with Gasteiger partial charge in [-0.15, -0.1) is 11.8 Å². The zero-order chi connectivity index (χ0) is 13.5. The molecular weight excluding hydrogens is 254 g/mol. The Morgan fingerprint density at radius 2 is 1.95 bits per heavy atom. The maximum Gasteiger partial charge on any atom is 0.119 e. The number of anilines is 1. The molecule has 100 valence electrons. The number of rotatable bonds is 6. The molecule has 0 aliphatic rings. The highest BCUT2D eigenvalue weighted by atomic mass is 32.2. The van der Waals surface area contributed by atoms with Crippen molar-refractivity contribution in [1.82, 2.24) is 0 Å². The third-order valence-corrected chi connectivity index (χ3v) is 3.75. The normalized spacial score (nSPS) is 10.2. The molecule has 0 aliphatic carbocycles. The summed E-state index contributed by atoms with van der Waals surface area (Å²) in [5, 5.41) is 3.43. The lowest BCUT2D eigenvalue weighted by molar-refractivity contribution is 0.413. The molecule has 0 unspecified atom stereocenters. The smallest absolute Gasteiger partial charge is 0.119 e. The molecule has 0 saturated heterocycles. The molecule has 0 heterocycles. The van der Waals surface area contributed by atoms with Gasteiger partial charge in [0, 0.05) is 22.9 Å². The first kappa shape index (κ1) is 13.8. The fraction of sp³-hybridized carbons (Fsp3) is 0.250. The van der Waals surface area contributed by atoms with Crippen LogP contribution in [-0.2, 0) is 0 Å². The molecule has 0 radical (unpaired) electrons. The van der Waals surface area contributed by atoms with Gasteiger partial charge < -0.3 is 10.1 Å². The van der Waals surface area contributed by atoms with Crippen LogP contribution in [0.25, 0.3) is 0 Å². The van der Waals surface area contributed by atoms with E-state index in [9.17, 15) is 0 Å².